The molecular formula is C8H12O4Si. The Balaban J connectivity index is 3.74. The van der Waals surface area contributed by atoms with Crippen LogP contribution in [0, 0.1) is 0 Å². The molecule has 5 heteroatoms. The zero-order chi connectivity index (χ0) is 10.3. The maximum atomic E-state index is 10.9. The zero-order valence-electron chi connectivity index (χ0n) is 7.87. The first kappa shape index (κ1) is 11.9. The SMILES string of the molecule is COC(=O)/C=C/C(=O)O[Si]C(C)C. The zero-order valence-corrected chi connectivity index (χ0v) is 8.87. The standard InChI is InChI=1S/C8H12O4Si/c1-6(2)13-12-8(10)5-4-7(9)11-3/h4-6H,1-3H3/b5-4+. The second-order valence-electron chi connectivity index (χ2n) is 2.55. The highest BCUT2D eigenvalue weighted by Crippen LogP contribution is 1.97. The van der Waals surface area contributed by atoms with E-state index in [1.54, 1.807) is 0 Å². The number of carbonyl (C=O) groups excluding carboxylic acids is 2. The Labute approximate surface area is 79.9 Å². The quantitative estimate of drug-likeness (QED) is 0.381. The van der Waals surface area contributed by atoms with Gasteiger partial charge in [-0.15, -0.1) is 0 Å². The van der Waals surface area contributed by atoms with Crippen LogP contribution >= 0.6 is 0 Å². The number of ether oxygens (including phenoxy) is 1. The summed E-state index contributed by atoms with van der Waals surface area (Å²) in [6.07, 6.45) is 2.09. The van der Waals surface area contributed by atoms with Crippen molar-refractivity contribution in [3.05, 3.63) is 12.2 Å². The van der Waals surface area contributed by atoms with Crippen molar-refractivity contribution in [2.75, 3.05) is 7.11 Å². The average Bonchev–Trinajstić information content (AvgIpc) is 2.10. The molecule has 0 heterocycles. The van der Waals surface area contributed by atoms with Crippen LogP contribution in [0.25, 0.3) is 0 Å². The van der Waals surface area contributed by atoms with E-state index in [-0.39, 0.29) is 9.76 Å². The van der Waals surface area contributed by atoms with Gasteiger partial charge in [-0.25, -0.2) is 9.59 Å². The van der Waals surface area contributed by atoms with Crippen molar-refractivity contribution in [1.29, 1.82) is 0 Å². The molecule has 0 rings (SSSR count). The molecule has 0 spiro atoms. The Morgan fingerprint density at radius 3 is 2.23 bits per heavy atom. The molecule has 0 aromatic rings. The smallest absolute Gasteiger partial charge is 0.330 e. The fourth-order valence-electron chi connectivity index (χ4n) is 0.414. The van der Waals surface area contributed by atoms with E-state index < -0.39 is 11.9 Å². The first-order chi connectivity index (χ1) is 6.06. The van der Waals surface area contributed by atoms with Crippen molar-refractivity contribution in [2.24, 2.45) is 0 Å². The van der Waals surface area contributed by atoms with Crippen molar-refractivity contribution < 1.29 is 18.8 Å². The first-order valence-electron chi connectivity index (χ1n) is 3.78. The lowest BCUT2D eigenvalue weighted by molar-refractivity contribution is -0.135. The molecule has 0 saturated heterocycles. The minimum absolute atomic E-state index is 0.120. The molecule has 13 heavy (non-hydrogen) atoms. The topological polar surface area (TPSA) is 52.6 Å². The van der Waals surface area contributed by atoms with Crippen molar-refractivity contribution in [3.63, 3.8) is 0 Å². The molecule has 0 amide bonds. The summed E-state index contributed by atoms with van der Waals surface area (Å²) < 4.78 is 9.09. The van der Waals surface area contributed by atoms with Gasteiger partial charge in [-0.3, -0.25) is 0 Å². The molecule has 0 bridgehead atoms. The molecule has 0 aliphatic carbocycles. The second kappa shape index (κ2) is 6.42. The van der Waals surface area contributed by atoms with E-state index in [2.05, 4.69) is 4.74 Å². The number of esters is 1. The van der Waals surface area contributed by atoms with Crippen LogP contribution in [0.15, 0.2) is 12.2 Å². The monoisotopic (exact) mass is 200 g/mol. The third-order valence-corrected chi connectivity index (χ3v) is 1.74. The van der Waals surface area contributed by atoms with Gasteiger partial charge >= 0.3 is 21.7 Å². The molecule has 0 aliphatic rings. The van der Waals surface area contributed by atoms with E-state index in [0.29, 0.717) is 5.54 Å². The van der Waals surface area contributed by atoms with E-state index in [4.69, 9.17) is 4.43 Å². The summed E-state index contributed by atoms with van der Waals surface area (Å²) in [5.74, 6) is -1.08. The highest BCUT2D eigenvalue weighted by Gasteiger charge is 2.03. The van der Waals surface area contributed by atoms with Crippen LogP contribution in [0.2, 0.25) is 5.54 Å². The third kappa shape index (κ3) is 7.26. The number of rotatable bonds is 4. The average molecular weight is 200 g/mol. The molecule has 2 radical (unpaired) electrons. The van der Waals surface area contributed by atoms with Crippen LogP contribution in [0.4, 0.5) is 0 Å². The molecule has 4 nitrogen and oxygen atoms in total. The normalized spacial score (nSPS) is 10.5. The maximum Gasteiger partial charge on any atom is 0.330 e. The molecule has 0 fully saturated rings. The fourth-order valence-corrected chi connectivity index (χ4v) is 0.834. The molecule has 0 atom stereocenters. The Bertz CT molecular complexity index is 210. The summed E-state index contributed by atoms with van der Waals surface area (Å²) in [4.78, 5) is 21.4. The van der Waals surface area contributed by atoms with Gasteiger partial charge in [0.25, 0.3) is 0 Å². The van der Waals surface area contributed by atoms with Crippen LogP contribution in [-0.4, -0.2) is 28.8 Å². The Morgan fingerprint density at radius 1 is 1.23 bits per heavy atom. The van der Waals surface area contributed by atoms with Crippen LogP contribution in [-0.2, 0) is 18.8 Å². The van der Waals surface area contributed by atoms with Crippen molar-refractivity contribution in [2.45, 2.75) is 19.4 Å². The fraction of sp³-hybridized carbons (Fsp3) is 0.500. The van der Waals surface area contributed by atoms with Crippen molar-refractivity contribution in [1.82, 2.24) is 0 Å². The summed E-state index contributed by atoms with van der Waals surface area (Å²) in [6, 6.07) is 0. The van der Waals surface area contributed by atoms with Gasteiger partial charge < -0.3 is 9.16 Å². The molecule has 0 aromatic heterocycles. The number of carbonyl (C=O) groups is 2. The van der Waals surface area contributed by atoms with Crippen LogP contribution < -0.4 is 0 Å². The maximum absolute atomic E-state index is 10.9. The lowest BCUT2D eigenvalue weighted by Gasteiger charge is -2.00. The molecule has 0 unspecified atom stereocenters. The Kier molecular flexibility index (Phi) is 5.87. The predicted molar refractivity (Wildman–Crippen MR) is 48.1 cm³/mol. The van der Waals surface area contributed by atoms with Crippen molar-refractivity contribution >= 4 is 21.7 Å². The Hall–Kier alpha value is -1.10. The van der Waals surface area contributed by atoms with Crippen LogP contribution in [0.3, 0.4) is 0 Å². The number of hydrogen-bond donors (Lipinski definition) is 0. The van der Waals surface area contributed by atoms with E-state index >= 15 is 0 Å². The highest BCUT2D eigenvalue weighted by molar-refractivity contribution is 6.32. The molecule has 0 aromatic carbocycles. The second-order valence-corrected chi connectivity index (χ2v) is 4.14. The lowest BCUT2D eigenvalue weighted by Crippen LogP contribution is -2.09. The largest absolute Gasteiger partial charge is 0.513 e. The van der Waals surface area contributed by atoms with Crippen molar-refractivity contribution in [3.8, 4) is 0 Å². The highest BCUT2D eigenvalue weighted by atomic mass is 28.2. The van der Waals surface area contributed by atoms with Gasteiger partial charge in [0.15, 0.2) is 0 Å². The summed E-state index contributed by atoms with van der Waals surface area (Å²) >= 11 is 0. The molecular weight excluding hydrogens is 188 g/mol. The number of hydrogen-bond acceptors (Lipinski definition) is 4. The van der Waals surface area contributed by atoms with Gasteiger partial charge in [-0.1, -0.05) is 13.8 Å². The Morgan fingerprint density at radius 2 is 1.77 bits per heavy atom. The molecule has 72 valence electrons. The van der Waals surface area contributed by atoms with Gasteiger partial charge in [0, 0.05) is 12.2 Å². The van der Waals surface area contributed by atoms with Gasteiger partial charge in [-0.2, -0.15) is 0 Å². The van der Waals surface area contributed by atoms with Gasteiger partial charge in [0.05, 0.1) is 7.11 Å². The van der Waals surface area contributed by atoms with Crippen LogP contribution in [0.5, 0.6) is 0 Å². The molecule has 0 aliphatic heterocycles. The summed E-state index contributed by atoms with van der Waals surface area (Å²) in [5.41, 5.74) is 0.315. The third-order valence-electron chi connectivity index (χ3n) is 0.952. The van der Waals surface area contributed by atoms with Gasteiger partial charge in [0.2, 0.25) is 0 Å². The first-order valence-corrected chi connectivity index (χ1v) is 4.77. The van der Waals surface area contributed by atoms with Gasteiger partial charge in [-0.05, 0) is 5.54 Å². The predicted octanol–water partition coefficient (Wildman–Crippen LogP) is 0.706. The van der Waals surface area contributed by atoms with E-state index in [1.807, 2.05) is 13.8 Å². The lowest BCUT2D eigenvalue weighted by atomic mass is 10.5. The van der Waals surface area contributed by atoms with E-state index in [0.717, 1.165) is 12.2 Å². The minimum Gasteiger partial charge on any atom is -0.513 e. The van der Waals surface area contributed by atoms with Gasteiger partial charge in [0.1, 0.15) is 0 Å². The van der Waals surface area contributed by atoms with E-state index in [1.165, 1.54) is 7.11 Å². The van der Waals surface area contributed by atoms with Crippen LogP contribution in [0.1, 0.15) is 13.8 Å². The minimum atomic E-state index is -0.565. The summed E-state index contributed by atoms with van der Waals surface area (Å²) in [7, 11) is 1.36. The summed E-state index contributed by atoms with van der Waals surface area (Å²) in [6.45, 7) is 3.88. The molecule has 0 saturated carbocycles. The molecule has 0 N–H and O–H groups in total. The van der Waals surface area contributed by atoms with E-state index in [9.17, 15) is 9.59 Å². The number of methoxy groups -OCH3 is 1. The summed E-state index contributed by atoms with van der Waals surface area (Å²) in [5, 5.41) is 0.